The van der Waals surface area contributed by atoms with E-state index in [1.807, 2.05) is 30.9 Å². The van der Waals surface area contributed by atoms with Crippen LogP contribution < -0.4 is 0 Å². The summed E-state index contributed by atoms with van der Waals surface area (Å²) in [6.07, 6.45) is 6.34. The molecule has 1 saturated heterocycles. The number of likely N-dealkylation sites (tertiary alicyclic amines) is 1. The maximum Gasteiger partial charge on any atom is 0.258 e. The second-order valence-electron chi connectivity index (χ2n) is 7.01. The lowest BCUT2D eigenvalue weighted by Gasteiger charge is -2.31. The van der Waals surface area contributed by atoms with Crippen molar-refractivity contribution < 1.29 is 13.7 Å². The van der Waals surface area contributed by atoms with Crippen molar-refractivity contribution in [2.45, 2.75) is 32.6 Å². The highest BCUT2D eigenvalue weighted by Crippen LogP contribution is 2.29. The lowest BCUT2D eigenvalue weighted by atomic mass is 9.95. The van der Waals surface area contributed by atoms with Gasteiger partial charge in [-0.25, -0.2) is 4.98 Å². The van der Waals surface area contributed by atoms with Crippen molar-refractivity contribution >= 4 is 5.91 Å². The van der Waals surface area contributed by atoms with E-state index in [0.29, 0.717) is 23.2 Å². The molecule has 4 rings (SSSR count). The monoisotopic (exact) mass is 367 g/mol. The molecule has 1 amide bonds. The van der Waals surface area contributed by atoms with Gasteiger partial charge in [0.15, 0.2) is 18.0 Å². The zero-order valence-electron chi connectivity index (χ0n) is 15.3. The van der Waals surface area contributed by atoms with Crippen LogP contribution in [-0.2, 0) is 4.79 Å². The van der Waals surface area contributed by atoms with Gasteiger partial charge in [0.1, 0.15) is 5.69 Å². The molecule has 0 N–H and O–H groups in total. The molecule has 3 aromatic heterocycles. The maximum atomic E-state index is 12.1. The van der Waals surface area contributed by atoms with E-state index in [1.54, 1.807) is 12.4 Å². The predicted octanol–water partition coefficient (Wildman–Crippen LogP) is 3.15. The van der Waals surface area contributed by atoms with Gasteiger partial charge in [-0.3, -0.25) is 9.78 Å². The fourth-order valence-corrected chi connectivity index (χ4v) is 3.28. The summed E-state index contributed by atoms with van der Waals surface area (Å²) in [6.45, 7) is 5.33. The summed E-state index contributed by atoms with van der Waals surface area (Å²) >= 11 is 0. The molecule has 0 unspecified atom stereocenters. The van der Waals surface area contributed by atoms with E-state index in [9.17, 15) is 4.79 Å². The number of hydrogen-bond donors (Lipinski definition) is 0. The second kappa shape index (κ2) is 7.30. The van der Waals surface area contributed by atoms with Crippen LogP contribution >= 0.6 is 0 Å². The minimum atomic E-state index is 0.0311. The number of pyridine rings is 1. The first-order valence-electron chi connectivity index (χ1n) is 9.09. The number of rotatable bonds is 4. The minimum Gasteiger partial charge on any atom is -0.442 e. The highest BCUT2D eigenvalue weighted by molar-refractivity contribution is 5.78. The van der Waals surface area contributed by atoms with Crippen molar-refractivity contribution in [1.82, 2.24) is 25.0 Å². The third kappa shape index (κ3) is 3.60. The average molecular weight is 367 g/mol. The molecule has 3 aromatic rings. The van der Waals surface area contributed by atoms with Crippen molar-refractivity contribution in [3.05, 3.63) is 36.7 Å². The van der Waals surface area contributed by atoms with Crippen molar-refractivity contribution in [3.63, 3.8) is 0 Å². The smallest absolute Gasteiger partial charge is 0.258 e. The lowest BCUT2D eigenvalue weighted by molar-refractivity contribution is -0.135. The van der Waals surface area contributed by atoms with E-state index < -0.39 is 0 Å². The van der Waals surface area contributed by atoms with Gasteiger partial charge in [0.25, 0.3) is 5.89 Å². The molecule has 1 aliphatic rings. The molecule has 8 nitrogen and oxygen atoms in total. The molecular weight excluding hydrogens is 346 g/mol. The molecule has 0 spiro atoms. The molecule has 0 bridgehead atoms. The zero-order valence-corrected chi connectivity index (χ0v) is 15.3. The number of carbonyl (C=O) groups is 1. The summed E-state index contributed by atoms with van der Waals surface area (Å²) in [6, 6.07) is 3.66. The van der Waals surface area contributed by atoms with Crippen LogP contribution in [0, 0.1) is 5.92 Å². The first-order chi connectivity index (χ1) is 13.1. The number of nitrogens with zero attached hydrogens (tertiary/aromatic N) is 5. The third-order valence-electron chi connectivity index (χ3n) is 4.80. The first-order valence-corrected chi connectivity index (χ1v) is 9.09. The molecule has 0 radical (unpaired) electrons. The topological polar surface area (TPSA) is 98.2 Å². The average Bonchev–Trinajstić information content (AvgIpc) is 3.40. The molecular formula is C19H21N5O3. The van der Waals surface area contributed by atoms with Crippen LogP contribution in [0.4, 0.5) is 0 Å². The van der Waals surface area contributed by atoms with Crippen LogP contribution in [0.25, 0.3) is 22.9 Å². The summed E-state index contributed by atoms with van der Waals surface area (Å²) in [5, 5.41) is 4.17. The summed E-state index contributed by atoms with van der Waals surface area (Å²) in [7, 11) is 0. The van der Waals surface area contributed by atoms with Gasteiger partial charge in [-0.1, -0.05) is 19.0 Å². The molecule has 8 heteroatoms. The predicted molar refractivity (Wildman–Crippen MR) is 96.4 cm³/mol. The molecule has 0 atom stereocenters. The van der Waals surface area contributed by atoms with Gasteiger partial charge >= 0.3 is 0 Å². The first kappa shape index (κ1) is 17.4. The van der Waals surface area contributed by atoms with Crippen molar-refractivity contribution in [2.24, 2.45) is 5.92 Å². The van der Waals surface area contributed by atoms with Gasteiger partial charge in [0, 0.05) is 36.7 Å². The zero-order chi connectivity index (χ0) is 18.8. The second-order valence-corrected chi connectivity index (χ2v) is 7.01. The van der Waals surface area contributed by atoms with Crippen LogP contribution in [0.5, 0.6) is 0 Å². The molecule has 4 heterocycles. The Morgan fingerprint density at radius 1 is 1.30 bits per heavy atom. The molecule has 0 aliphatic carbocycles. The molecule has 1 aliphatic heterocycles. The van der Waals surface area contributed by atoms with Crippen molar-refractivity contribution in [2.75, 3.05) is 13.1 Å². The SMILES string of the molecule is CC(C)C(=O)N1CCC(c2noc(-c3ccnc(-c4cnco4)c3)n2)CC1. The van der Waals surface area contributed by atoms with Crippen LogP contribution in [0.3, 0.4) is 0 Å². The quantitative estimate of drug-likeness (QED) is 0.698. The summed E-state index contributed by atoms with van der Waals surface area (Å²) in [5.74, 6) is 2.17. The lowest BCUT2D eigenvalue weighted by Crippen LogP contribution is -2.40. The number of amides is 1. The van der Waals surface area contributed by atoms with Crippen LogP contribution in [0.15, 0.2) is 39.9 Å². The number of aromatic nitrogens is 4. The summed E-state index contributed by atoms with van der Waals surface area (Å²) in [5.41, 5.74) is 1.44. The number of piperidine rings is 1. The van der Waals surface area contributed by atoms with E-state index in [0.717, 1.165) is 31.5 Å². The van der Waals surface area contributed by atoms with Crippen LogP contribution in [-0.4, -0.2) is 44.0 Å². The van der Waals surface area contributed by atoms with Gasteiger partial charge in [-0.2, -0.15) is 4.98 Å². The normalized spacial score (nSPS) is 15.4. The van der Waals surface area contributed by atoms with Crippen LogP contribution in [0.1, 0.15) is 38.4 Å². The van der Waals surface area contributed by atoms with E-state index >= 15 is 0 Å². The van der Waals surface area contributed by atoms with Crippen molar-refractivity contribution in [1.29, 1.82) is 0 Å². The number of carbonyl (C=O) groups excluding carboxylic acids is 1. The summed E-state index contributed by atoms with van der Waals surface area (Å²) < 4.78 is 10.8. The number of hydrogen-bond acceptors (Lipinski definition) is 7. The molecule has 27 heavy (non-hydrogen) atoms. The van der Waals surface area contributed by atoms with Gasteiger partial charge in [0.2, 0.25) is 5.91 Å². The molecule has 140 valence electrons. The Morgan fingerprint density at radius 3 is 2.81 bits per heavy atom. The van der Waals surface area contributed by atoms with Gasteiger partial charge in [-0.05, 0) is 25.0 Å². The Hall–Kier alpha value is -3.03. The standard InChI is InChI=1S/C19H21N5O3/c1-12(2)19(25)24-7-4-13(5-8-24)17-22-18(27-23-17)14-3-6-21-15(9-14)16-10-20-11-26-16/h3,6,9-13H,4-5,7-8H2,1-2H3. The van der Waals surface area contributed by atoms with E-state index in [4.69, 9.17) is 8.94 Å². The third-order valence-corrected chi connectivity index (χ3v) is 4.80. The molecule has 0 aromatic carbocycles. The van der Waals surface area contributed by atoms with Crippen molar-refractivity contribution in [3.8, 4) is 22.9 Å². The van der Waals surface area contributed by atoms with E-state index in [2.05, 4.69) is 20.1 Å². The van der Waals surface area contributed by atoms with E-state index in [1.165, 1.54) is 6.39 Å². The molecule has 1 fully saturated rings. The van der Waals surface area contributed by atoms with Crippen LogP contribution in [0.2, 0.25) is 0 Å². The fraction of sp³-hybridized carbons (Fsp3) is 0.421. The van der Waals surface area contributed by atoms with Gasteiger partial charge < -0.3 is 13.8 Å². The Kier molecular flexibility index (Phi) is 4.70. The van der Waals surface area contributed by atoms with Gasteiger partial charge in [-0.15, -0.1) is 0 Å². The Morgan fingerprint density at radius 2 is 2.11 bits per heavy atom. The highest BCUT2D eigenvalue weighted by atomic mass is 16.5. The molecule has 0 saturated carbocycles. The summed E-state index contributed by atoms with van der Waals surface area (Å²) in [4.78, 5) is 26.8. The fourth-order valence-electron chi connectivity index (χ4n) is 3.28. The maximum absolute atomic E-state index is 12.1. The van der Waals surface area contributed by atoms with E-state index in [-0.39, 0.29) is 17.7 Å². The Bertz CT molecular complexity index is 911. The number of oxazole rings is 1. The largest absolute Gasteiger partial charge is 0.442 e. The van der Waals surface area contributed by atoms with Gasteiger partial charge in [0.05, 0.1) is 6.20 Å². The Labute approximate surface area is 156 Å². The minimum absolute atomic E-state index is 0.0311. The highest BCUT2D eigenvalue weighted by Gasteiger charge is 2.28. The Balaban J connectivity index is 1.47.